The predicted octanol–water partition coefficient (Wildman–Crippen LogP) is 0.648. The lowest BCUT2D eigenvalue weighted by Crippen LogP contribution is -2.52. The van der Waals surface area contributed by atoms with Crippen molar-refractivity contribution in [3.8, 4) is 0 Å². The molecule has 1 rings (SSSR count). The van der Waals surface area contributed by atoms with Crippen LogP contribution in [0.15, 0.2) is 0 Å². The summed E-state index contributed by atoms with van der Waals surface area (Å²) < 4.78 is 0. The molecule has 0 aromatic carbocycles. The van der Waals surface area contributed by atoms with Crippen LogP contribution in [0.2, 0.25) is 0 Å². The van der Waals surface area contributed by atoms with Gasteiger partial charge in [-0.15, -0.1) is 0 Å². The molecule has 1 saturated heterocycles. The van der Waals surface area contributed by atoms with Crippen LogP contribution in [0.5, 0.6) is 0 Å². The van der Waals surface area contributed by atoms with Gasteiger partial charge in [-0.2, -0.15) is 0 Å². The van der Waals surface area contributed by atoms with Crippen molar-refractivity contribution in [3.63, 3.8) is 0 Å². The molecule has 0 saturated carbocycles. The van der Waals surface area contributed by atoms with E-state index in [-0.39, 0.29) is 24.0 Å². The van der Waals surface area contributed by atoms with Crippen LogP contribution in [0.1, 0.15) is 27.7 Å². The zero-order valence-corrected chi connectivity index (χ0v) is 11.2. The molecule has 1 fully saturated rings. The highest BCUT2D eigenvalue weighted by Crippen LogP contribution is 2.23. The lowest BCUT2D eigenvalue weighted by molar-refractivity contribution is -0.142. The number of carbonyl (C=O) groups excluding carboxylic acids is 1. The van der Waals surface area contributed by atoms with E-state index >= 15 is 0 Å². The molecule has 0 aliphatic carbocycles. The Morgan fingerprint density at radius 2 is 1.88 bits per heavy atom. The molecule has 1 aliphatic rings. The summed E-state index contributed by atoms with van der Waals surface area (Å²) in [7, 11) is 1.67. The van der Waals surface area contributed by atoms with E-state index in [0.717, 1.165) is 0 Å². The Labute approximate surface area is 102 Å². The molecule has 0 spiro atoms. The molecule has 1 amide bonds. The van der Waals surface area contributed by atoms with Crippen LogP contribution in [0, 0.1) is 5.92 Å². The van der Waals surface area contributed by atoms with Crippen LogP contribution in [0.25, 0.3) is 0 Å². The van der Waals surface area contributed by atoms with Crippen molar-refractivity contribution in [1.82, 2.24) is 9.80 Å². The zero-order valence-electron chi connectivity index (χ0n) is 11.2. The first-order chi connectivity index (χ1) is 7.64. The second-order valence-electron chi connectivity index (χ2n) is 5.75. The van der Waals surface area contributed by atoms with E-state index in [0.29, 0.717) is 6.54 Å². The lowest BCUT2D eigenvalue weighted by Gasteiger charge is -2.38. The third-order valence-corrected chi connectivity index (χ3v) is 3.32. The molecule has 17 heavy (non-hydrogen) atoms. The molecule has 1 N–H and O–H groups in total. The van der Waals surface area contributed by atoms with Gasteiger partial charge in [0.2, 0.25) is 5.91 Å². The van der Waals surface area contributed by atoms with Crippen LogP contribution in [0.3, 0.4) is 0 Å². The van der Waals surface area contributed by atoms with Crippen molar-refractivity contribution in [2.24, 2.45) is 5.92 Å². The monoisotopic (exact) mass is 242 g/mol. The van der Waals surface area contributed by atoms with Gasteiger partial charge in [0.1, 0.15) is 0 Å². The summed E-state index contributed by atoms with van der Waals surface area (Å²) in [6.07, 6.45) is 0. The molecule has 2 unspecified atom stereocenters. The largest absolute Gasteiger partial charge is 0.481 e. The summed E-state index contributed by atoms with van der Waals surface area (Å²) in [6, 6.07) is -0.274. The van der Waals surface area contributed by atoms with E-state index in [1.807, 2.05) is 32.6 Å². The van der Waals surface area contributed by atoms with E-state index in [1.54, 1.807) is 7.05 Å². The molecular weight excluding hydrogens is 220 g/mol. The Morgan fingerprint density at radius 3 is 2.29 bits per heavy atom. The topological polar surface area (TPSA) is 60.9 Å². The van der Waals surface area contributed by atoms with Gasteiger partial charge in [0.05, 0.1) is 12.0 Å². The Hall–Kier alpha value is -1.10. The first-order valence-corrected chi connectivity index (χ1v) is 5.89. The number of carboxylic acids is 1. The number of carboxylic acid groups (broad SMARTS) is 1. The number of aliphatic carboxylic acids is 1. The second-order valence-corrected chi connectivity index (χ2v) is 5.75. The third-order valence-electron chi connectivity index (χ3n) is 3.32. The fourth-order valence-corrected chi connectivity index (χ4v) is 2.34. The summed E-state index contributed by atoms with van der Waals surface area (Å²) in [5.41, 5.74) is -0.214. The van der Waals surface area contributed by atoms with Crippen molar-refractivity contribution in [2.45, 2.75) is 39.3 Å². The van der Waals surface area contributed by atoms with Gasteiger partial charge < -0.3 is 10.0 Å². The van der Waals surface area contributed by atoms with Gasteiger partial charge in [-0.05, 0) is 27.7 Å². The Balaban J connectivity index is 3.04. The maximum absolute atomic E-state index is 12.1. The fourth-order valence-electron chi connectivity index (χ4n) is 2.34. The van der Waals surface area contributed by atoms with Gasteiger partial charge in [0.15, 0.2) is 0 Å². The molecular formula is C12H22N2O3. The molecule has 0 bridgehead atoms. The number of hydrogen-bond acceptors (Lipinski definition) is 3. The standard InChI is InChI=1S/C12H22N2O3/c1-8-10(15)13(5)6-9(11(16)17)7-14(8)12(2,3)4/h8-9H,6-7H2,1-5H3,(H,16,17). The molecule has 0 radical (unpaired) electrons. The highest BCUT2D eigenvalue weighted by molar-refractivity contribution is 5.83. The van der Waals surface area contributed by atoms with E-state index in [1.165, 1.54) is 4.90 Å². The normalized spacial score (nSPS) is 28.1. The number of hydrogen-bond donors (Lipinski definition) is 1. The van der Waals surface area contributed by atoms with Crippen molar-refractivity contribution in [3.05, 3.63) is 0 Å². The minimum absolute atomic E-state index is 0.0105. The first-order valence-electron chi connectivity index (χ1n) is 5.89. The summed E-state index contributed by atoms with van der Waals surface area (Å²) >= 11 is 0. The average molecular weight is 242 g/mol. The molecule has 2 atom stereocenters. The summed E-state index contributed by atoms with van der Waals surface area (Å²) in [4.78, 5) is 26.7. The van der Waals surface area contributed by atoms with Crippen molar-refractivity contribution >= 4 is 11.9 Å². The van der Waals surface area contributed by atoms with E-state index in [2.05, 4.69) is 0 Å². The Bertz CT molecular complexity index is 322. The SMILES string of the molecule is CC1C(=O)N(C)CC(C(=O)O)CN1C(C)(C)C. The highest BCUT2D eigenvalue weighted by Gasteiger charge is 2.39. The van der Waals surface area contributed by atoms with Gasteiger partial charge >= 0.3 is 5.97 Å². The molecule has 98 valence electrons. The van der Waals surface area contributed by atoms with Gasteiger partial charge in [-0.3, -0.25) is 14.5 Å². The third kappa shape index (κ3) is 2.97. The van der Waals surface area contributed by atoms with E-state index < -0.39 is 11.9 Å². The summed E-state index contributed by atoms with van der Waals surface area (Å²) in [5, 5.41) is 9.17. The van der Waals surface area contributed by atoms with Crippen LogP contribution in [-0.4, -0.2) is 58.5 Å². The quantitative estimate of drug-likeness (QED) is 0.733. The van der Waals surface area contributed by atoms with Gasteiger partial charge in [-0.1, -0.05) is 0 Å². The number of amides is 1. The zero-order chi connectivity index (χ0) is 13.4. The molecule has 5 nitrogen and oxygen atoms in total. The minimum Gasteiger partial charge on any atom is -0.481 e. The Morgan fingerprint density at radius 1 is 1.35 bits per heavy atom. The molecule has 0 aromatic rings. The van der Waals surface area contributed by atoms with Gasteiger partial charge in [0.25, 0.3) is 0 Å². The molecule has 1 aliphatic heterocycles. The summed E-state index contributed by atoms with van der Waals surface area (Å²) in [6.45, 7) is 8.54. The summed E-state index contributed by atoms with van der Waals surface area (Å²) in [5.74, 6) is -1.37. The minimum atomic E-state index is -0.840. The second kappa shape index (κ2) is 4.64. The van der Waals surface area contributed by atoms with E-state index in [9.17, 15) is 14.7 Å². The average Bonchev–Trinajstić information content (AvgIpc) is 2.28. The maximum Gasteiger partial charge on any atom is 0.309 e. The smallest absolute Gasteiger partial charge is 0.309 e. The number of rotatable bonds is 1. The van der Waals surface area contributed by atoms with Crippen LogP contribution < -0.4 is 0 Å². The first kappa shape index (κ1) is 14.0. The molecule has 1 heterocycles. The van der Waals surface area contributed by atoms with Gasteiger partial charge in [-0.25, -0.2) is 0 Å². The van der Waals surface area contributed by atoms with Gasteiger partial charge in [0, 0.05) is 25.7 Å². The number of nitrogens with zero attached hydrogens (tertiary/aromatic N) is 2. The highest BCUT2D eigenvalue weighted by atomic mass is 16.4. The van der Waals surface area contributed by atoms with Crippen molar-refractivity contribution in [1.29, 1.82) is 0 Å². The van der Waals surface area contributed by atoms with E-state index in [4.69, 9.17) is 0 Å². The maximum atomic E-state index is 12.1. The number of likely N-dealkylation sites (N-methyl/N-ethyl adjacent to an activating group) is 1. The Kier molecular flexibility index (Phi) is 3.81. The molecule has 5 heteroatoms. The van der Waals surface area contributed by atoms with Crippen LogP contribution >= 0.6 is 0 Å². The predicted molar refractivity (Wildman–Crippen MR) is 64.7 cm³/mol. The van der Waals surface area contributed by atoms with Crippen LogP contribution in [-0.2, 0) is 9.59 Å². The van der Waals surface area contributed by atoms with Crippen molar-refractivity contribution in [2.75, 3.05) is 20.1 Å². The van der Waals surface area contributed by atoms with Crippen LogP contribution in [0.4, 0.5) is 0 Å². The fraction of sp³-hybridized carbons (Fsp3) is 0.833. The number of carbonyl (C=O) groups is 2. The lowest BCUT2D eigenvalue weighted by atomic mass is 10.0. The molecule has 0 aromatic heterocycles. The van der Waals surface area contributed by atoms with Crippen molar-refractivity contribution < 1.29 is 14.7 Å².